The topological polar surface area (TPSA) is 56.2 Å². The lowest BCUT2D eigenvalue weighted by Gasteiger charge is -2.36. The van der Waals surface area contributed by atoms with Gasteiger partial charge in [-0.25, -0.2) is 13.6 Å². The zero-order valence-electron chi connectivity index (χ0n) is 13.1. The van der Waals surface area contributed by atoms with Crippen LogP contribution in [-0.4, -0.2) is 27.9 Å². The van der Waals surface area contributed by atoms with Crippen LogP contribution < -0.4 is 5.32 Å². The summed E-state index contributed by atoms with van der Waals surface area (Å²) in [5.74, 6) is -1.85. The maximum Gasteiger partial charge on any atom is 0.413 e. The second-order valence-electron chi connectivity index (χ2n) is 7.09. The first kappa shape index (κ1) is 14.9. The lowest BCUT2D eigenvalue weighted by Crippen LogP contribution is -2.34. The van der Waals surface area contributed by atoms with Crippen molar-refractivity contribution in [1.29, 1.82) is 0 Å². The van der Waals surface area contributed by atoms with Crippen molar-refractivity contribution >= 4 is 11.9 Å². The third kappa shape index (κ3) is 2.81. The monoisotopic (exact) mass is 325 g/mol. The van der Waals surface area contributed by atoms with Crippen molar-refractivity contribution in [2.45, 2.75) is 68.8 Å². The van der Waals surface area contributed by atoms with Crippen LogP contribution in [0.25, 0.3) is 0 Å². The van der Waals surface area contributed by atoms with Gasteiger partial charge in [0.15, 0.2) is 0 Å². The fourth-order valence-corrected chi connectivity index (χ4v) is 3.43. The van der Waals surface area contributed by atoms with Crippen molar-refractivity contribution in [2.75, 3.05) is 5.32 Å². The second-order valence-corrected chi connectivity index (χ2v) is 7.09. The van der Waals surface area contributed by atoms with Gasteiger partial charge in [-0.1, -0.05) is 6.42 Å². The lowest BCUT2D eigenvalue weighted by molar-refractivity contribution is -0.0879. The summed E-state index contributed by atoms with van der Waals surface area (Å²) in [5, 5.41) is 7.26. The van der Waals surface area contributed by atoms with Crippen LogP contribution in [0.2, 0.25) is 0 Å². The largest absolute Gasteiger partial charge is 0.446 e. The summed E-state index contributed by atoms with van der Waals surface area (Å²) in [6.07, 6.45) is 4.27. The van der Waals surface area contributed by atoms with E-state index in [0.29, 0.717) is 11.7 Å². The molecule has 1 aromatic heterocycles. The predicted octanol–water partition coefficient (Wildman–Crippen LogP) is 3.91. The highest BCUT2D eigenvalue weighted by Crippen LogP contribution is 2.52. The van der Waals surface area contributed by atoms with Crippen LogP contribution in [-0.2, 0) is 11.8 Å². The molecule has 0 spiro atoms. The minimum absolute atomic E-state index is 0.0279. The molecule has 0 radical (unpaired) electrons. The number of carbonyl (C=O) groups excluding carboxylic acids is 1. The lowest BCUT2D eigenvalue weighted by atomic mass is 9.73. The first-order valence-corrected chi connectivity index (χ1v) is 8.35. The first-order chi connectivity index (χ1) is 10.9. The smallest absolute Gasteiger partial charge is 0.413 e. The van der Waals surface area contributed by atoms with Crippen molar-refractivity contribution in [3.63, 3.8) is 0 Å². The van der Waals surface area contributed by atoms with Crippen molar-refractivity contribution < 1.29 is 18.3 Å². The number of ether oxygens (including phenoxy) is 1. The average Bonchev–Trinajstić information content (AvgIpc) is 3.13. The molecule has 126 valence electrons. The van der Waals surface area contributed by atoms with E-state index in [1.165, 1.54) is 0 Å². The molecular weight excluding hydrogens is 304 g/mol. The zero-order chi connectivity index (χ0) is 16.2. The molecule has 0 bridgehead atoms. The molecule has 0 aromatic carbocycles. The second kappa shape index (κ2) is 5.18. The zero-order valence-corrected chi connectivity index (χ0v) is 13.1. The molecule has 5 nitrogen and oxygen atoms in total. The van der Waals surface area contributed by atoms with E-state index in [4.69, 9.17) is 4.74 Å². The van der Waals surface area contributed by atoms with Gasteiger partial charge < -0.3 is 4.74 Å². The summed E-state index contributed by atoms with van der Waals surface area (Å²) in [4.78, 5) is 12.0. The molecular formula is C16H21F2N3O2. The van der Waals surface area contributed by atoms with Crippen molar-refractivity contribution in [3.8, 4) is 0 Å². The van der Waals surface area contributed by atoms with Crippen LogP contribution in [0, 0.1) is 0 Å². The quantitative estimate of drug-likeness (QED) is 0.913. The number of amides is 1. The molecule has 0 atom stereocenters. The van der Waals surface area contributed by atoms with E-state index in [-0.39, 0.29) is 24.9 Å². The minimum Gasteiger partial charge on any atom is -0.446 e. The number of hydrogen-bond donors (Lipinski definition) is 1. The molecule has 7 heteroatoms. The number of alkyl halides is 2. The molecule has 23 heavy (non-hydrogen) atoms. The van der Waals surface area contributed by atoms with E-state index in [9.17, 15) is 13.6 Å². The molecule has 3 fully saturated rings. The Hall–Kier alpha value is -1.66. The Bertz CT molecular complexity index is 628. The number of carbonyl (C=O) groups is 1. The van der Waals surface area contributed by atoms with Gasteiger partial charge in [0.2, 0.25) is 5.92 Å². The van der Waals surface area contributed by atoms with E-state index in [2.05, 4.69) is 10.4 Å². The number of rotatable bonds is 4. The minimum atomic E-state index is -2.57. The van der Waals surface area contributed by atoms with Gasteiger partial charge in [-0.3, -0.25) is 10.00 Å². The average molecular weight is 325 g/mol. The summed E-state index contributed by atoms with van der Waals surface area (Å²) in [6.45, 7) is 0. The predicted molar refractivity (Wildman–Crippen MR) is 79.8 cm³/mol. The highest BCUT2D eigenvalue weighted by atomic mass is 19.3. The van der Waals surface area contributed by atoms with Crippen LogP contribution in [0.4, 0.5) is 19.4 Å². The molecule has 0 aliphatic heterocycles. The Morgan fingerprint density at radius 2 is 1.96 bits per heavy atom. The maximum absolute atomic E-state index is 13.2. The number of aromatic nitrogens is 2. The summed E-state index contributed by atoms with van der Waals surface area (Å²) >= 11 is 0. The van der Waals surface area contributed by atoms with E-state index in [1.54, 1.807) is 11.7 Å². The summed E-state index contributed by atoms with van der Waals surface area (Å²) in [6, 6.07) is 0. The fraction of sp³-hybridized carbons (Fsp3) is 0.750. The summed E-state index contributed by atoms with van der Waals surface area (Å²) < 4.78 is 33.3. The standard InChI is InChI=1S/C16H21F2N3O2/c1-21-14(19-15(22)23-11-5-6-11)12(9-3-2-4-9)13(20-21)10-7-16(17,18)8-10/h9-11H,2-8H2,1H3,(H,19,22). The van der Waals surface area contributed by atoms with Gasteiger partial charge in [-0.2, -0.15) is 5.10 Å². The molecule has 1 amide bonds. The summed E-state index contributed by atoms with van der Waals surface area (Å²) in [5.41, 5.74) is 1.69. The normalized spacial score (nSPS) is 24.0. The molecule has 0 saturated heterocycles. The van der Waals surface area contributed by atoms with E-state index in [1.807, 2.05) is 0 Å². The SMILES string of the molecule is Cn1nc(C2CC(F)(F)C2)c(C2CCC2)c1NC(=O)OC1CC1. The molecule has 3 aliphatic rings. The van der Waals surface area contributed by atoms with Gasteiger partial charge in [-0.15, -0.1) is 0 Å². The van der Waals surface area contributed by atoms with Gasteiger partial charge in [0, 0.05) is 31.4 Å². The van der Waals surface area contributed by atoms with E-state index < -0.39 is 12.0 Å². The Morgan fingerprint density at radius 3 is 2.48 bits per heavy atom. The van der Waals surface area contributed by atoms with Crippen LogP contribution in [0.3, 0.4) is 0 Å². The molecule has 1 aromatic rings. The van der Waals surface area contributed by atoms with Gasteiger partial charge in [0.1, 0.15) is 11.9 Å². The number of anilines is 1. The van der Waals surface area contributed by atoms with Crippen LogP contribution in [0.15, 0.2) is 0 Å². The van der Waals surface area contributed by atoms with Gasteiger partial charge in [0.25, 0.3) is 0 Å². The van der Waals surface area contributed by atoms with Crippen LogP contribution in [0.1, 0.15) is 68.0 Å². The number of aryl methyl sites for hydroxylation is 1. The molecule has 3 aliphatic carbocycles. The van der Waals surface area contributed by atoms with Gasteiger partial charge in [-0.05, 0) is 31.6 Å². The van der Waals surface area contributed by atoms with Crippen LogP contribution in [0.5, 0.6) is 0 Å². The third-order valence-corrected chi connectivity index (χ3v) is 5.12. The highest BCUT2D eigenvalue weighted by Gasteiger charge is 2.49. The molecule has 3 saturated carbocycles. The number of halogens is 2. The number of hydrogen-bond acceptors (Lipinski definition) is 3. The molecule has 1 heterocycles. The van der Waals surface area contributed by atoms with Crippen molar-refractivity contribution in [2.24, 2.45) is 7.05 Å². The molecule has 0 unspecified atom stereocenters. The van der Waals surface area contributed by atoms with Crippen LogP contribution >= 0.6 is 0 Å². The van der Waals surface area contributed by atoms with E-state index >= 15 is 0 Å². The molecule has 1 N–H and O–H groups in total. The Morgan fingerprint density at radius 1 is 1.26 bits per heavy atom. The van der Waals surface area contributed by atoms with Crippen molar-refractivity contribution in [1.82, 2.24) is 9.78 Å². The number of nitrogens with zero attached hydrogens (tertiary/aromatic N) is 2. The Balaban J connectivity index is 1.59. The molecule has 4 rings (SSSR count). The van der Waals surface area contributed by atoms with E-state index in [0.717, 1.165) is 43.4 Å². The van der Waals surface area contributed by atoms with Gasteiger partial charge >= 0.3 is 6.09 Å². The van der Waals surface area contributed by atoms with Gasteiger partial charge in [0.05, 0.1) is 5.69 Å². The Labute approximate surface area is 133 Å². The number of nitrogens with one attached hydrogen (secondary N) is 1. The van der Waals surface area contributed by atoms with Crippen molar-refractivity contribution in [3.05, 3.63) is 11.3 Å². The first-order valence-electron chi connectivity index (χ1n) is 8.35. The summed E-state index contributed by atoms with van der Waals surface area (Å²) in [7, 11) is 1.75. The highest BCUT2D eigenvalue weighted by molar-refractivity contribution is 5.85. The third-order valence-electron chi connectivity index (χ3n) is 5.12. The maximum atomic E-state index is 13.2. The Kier molecular flexibility index (Phi) is 3.35. The fourth-order valence-electron chi connectivity index (χ4n) is 3.43.